The van der Waals surface area contributed by atoms with Crippen molar-refractivity contribution in [1.82, 2.24) is 24.9 Å². The van der Waals surface area contributed by atoms with Crippen molar-refractivity contribution in [2.75, 3.05) is 14.1 Å². The van der Waals surface area contributed by atoms with E-state index >= 15 is 0 Å². The van der Waals surface area contributed by atoms with Gasteiger partial charge in [-0.3, -0.25) is 19.5 Å². The van der Waals surface area contributed by atoms with Crippen LogP contribution in [-0.2, 0) is 4.79 Å². The number of nitrogens with one attached hydrogen (secondary N) is 1. The Kier molecular flexibility index (Phi) is 6.34. The Hall–Kier alpha value is -3.23. The molecular weight excluding hydrogens is 466 g/mol. The number of carbonyl (C=O) groups is 1. The van der Waals surface area contributed by atoms with Crippen molar-refractivity contribution in [1.29, 1.82) is 0 Å². The van der Waals surface area contributed by atoms with Gasteiger partial charge in [-0.05, 0) is 70.5 Å². The lowest BCUT2D eigenvalue weighted by Crippen LogP contribution is -2.45. The first kappa shape index (κ1) is 23.5. The van der Waals surface area contributed by atoms with Crippen LogP contribution in [0, 0.1) is 6.92 Å². The number of nitrogens with zero attached hydrogens (tertiary/aromatic N) is 4. The van der Waals surface area contributed by atoms with Gasteiger partial charge in [0.05, 0.1) is 10.5 Å². The molecule has 1 aliphatic rings. The summed E-state index contributed by atoms with van der Waals surface area (Å²) < 4.78 is 7.21. The molecule has 1 N–H and O–H groups in total. The molecule has 4 aromatic rings. The Balaban J connectivity index is 1.48. The zero-order chi connectivity index (χ0) is 24.7. The minimum atomic E-state index is -0.442. The molecule has 1 amide bonds. The van der Waals surface area contributed by atoms with Crippen LogP contribution in [0.3, 0.4) is 0 Å². The van der Waals surface area contributed by atoms with Gasteiger partial charge in [-0.25, -0.2) is 0 Å². The van der Waals surface area contributed by atoms with Crippen LogP contribution >= 0.6 is 11.6 Å². The van der Waals surface area contributed by atoms with Gasteiger partial charge in [-0.2, -0.15) is 0 Å². The molecule has 9 heteroatoms. The van der Waals surface area contributed by atoms with Crippen LogP contribution in [-0.4, -0.2) is 45.7 Å². The van der Waals surface area contributed by atoms with Crippen LogP contribution < -0.4 is 10.9 Å². The van der Waals surface area contributed by atoms with Crippen LogP contribution in [0.5, 0.6) is 0 Å². The van der Waals surface area contributed by atoms with E-state index in [2.05, 4.69) is 15.5 Å². The van der Waals surface area contributed by atoms with E-state index < -0.39 is 6.04 Å². The summed E-state index contributed by atoms with van der Waals surface area (Å²) in [6.07, 6.45) is 6.66. The first-order valence-corrected chi connectivity index (χ1v) is 12.2. The first-order valence-electron chi connectivity index (χ1n) is 11.8. The predicted octanol–water partition coefficient (Wildman–Crippen LogP) is 4.40. The standard InChI is InChI=1S/C26H28ClN5O3/c1-15-21-23(30-35-15)22-19(27)10-5-11-20(22)32(26(21)34)18-9-4-8-17(13-18)29-25(33)24(31(2)3)16-7-6-12-28-14-16/h5-7,10-12,14,17-18,24H,4,8-9,13H2,1-3H3,(H,29,33). The van der Waals surface area contributed by atoms with Crippen molar-refractivity contribution in [2.24, 2.45) is 0 Å². The van der Waals surface area contributed by atoms with E-state index in [4.69, 9.17) is 16.1 Å². The molecule has 0 bridgehead atoms. The number of pyridine rings is 2. The third kappa shape index (κ3) is 4.21. The topological polar surface area (TPSA) is 93.3 Å². The van der Waals surface area contributed by atoms with E-state index in [1.54, 1.807) is 25.4 Å². The molecule has 35 heavy (non-hydrogen) atoms. The molecule has 0 aliphatic heterocycles. The molecular formula is C26H28ClN5O3. The molecule has 1 aliphatic carbocycles. The summed E-state index contributed by atoms with van der Waals surface area (Å²) in [6.45, 7) is 1.74. The van der Waals surface area contributed by atoms with Gasteiger partial charge in [-0.15, -0.1) is 0 Å². The van der Waals surface area contributed by atoms with Gasteiger partial charge in [0.2, 0.25) is 5.91 Å². The SMILES string of the molecule is Cc1onc2c1c(=O)n(C1CCCC(NC(=O)C(c3cccnc3)N(C)C)C1)c1cccc(Cl)c21. The molecule has 1 fully saturated rings. The minimum Gasteiger partial charge on any atom is -0.360 e. The summed E-state index contributed by atoms with van der Waals surface area (Å²) in [7, 11) is 3.76. The average Bonchev–Trinajstić information content (AvgIpc) is 3.21. The number of rotatable bonds is 5. The molecule has 5 rings (SSSR count). The fourth-order valence-corrected chi connectivity index (χ4v) is 5.63. The van der Waals surface area contributed by atoms with Gasteiger partial charge >= 0.3 is 0 Å². The van der Waals surface area contributed by atoms with Crippen LogP contribution in [0.4, 0.5) is 0 Å². The van der Waals surface area contributed by atoms with Crippen LogP contribution in [0.2, 0.25) is 5.02 Å². The highest BCUT2D eigenvalue weighted by Crippen LogP contribution is 2.35. The third-order valence-electron chi connectivity index (χ3n) is 6.91. The lowest BCUT2D eigenvalue weighted by Gasteiger charge is -2.33. The van der Waals surface area contributed by atoms with Crippen molar-refractivity contribution < 1.29 is 9.32 Å². The van der Waals surface area contributed by atoms with Crippen LogP contribution in [0.1, 0.15) is 49.1 Å². The molecule has 182 valence electrons. The molecule has 1 aromatic carbocycles. The summed E-state index contributed by atoms with van der Waals surface area (Å²) in [6, 6.07) is 8.70. The Morgan fingerprint density at radius 1 is 1.23 bits per heavy atom. The van der Waals surface area contributed by atoms with E-state index in [0.29, 0.717) is 28.1 Å². The summed E-state index contributed by atoms with van der Waals surface area (Å²) in [5.41, 5.74) is 1.94. The minimum absolute atomic E-state index is 0.0548. The number of hydrogen-bond donors (Lipinski definition) is 1. The Morgan fingerprint density at radius 2 is 2.06 bits per heavy atom. The summed E-state index contributed by atoms with van der Waals surface area (Å²) in [5.74, 6) is 0.408. The van der Waals surface area contributed by atoms with E-state index in [-0.39, 0.29) is 23.6 Å². The zero-order valence-electron chi connectivity index (χ0n) is 20.0. The molecule has 3 aromatic heterocycles. The van der Waals surface area contributed by atoms with Gasteiger partial charge in [0.1, 0.15) is 22.7 Å². The van der Waals surface area contributed by atoms with E-state index in [1.165, 1.54) is 0 Å². The normalized spacial score (nSPS) is 19.3. The number of amides is 1. The smallest absolute Gasteiger partial charge is 0.264 e. The number of benzene rings is 1. The van der Waals surface area contributed by atoms with E-state index in [0.717, 1.165) is 35.7 Å². The predicted molar refractivity (Wildman–Crippen MR) is 136 cm³/mol. The third-order valence-corrected chi connectivity index (χ3v) is 7.22. The fraction of sp³-hybridized carbons (Fsp3) is 0.385. The highest BCUT2D eigenvalue weighted by atomic mass is 35.5. The molecule has 3 unspecified atom stereocenters. The number of carbonyl (C=O) groups excluding carboxylic acids is 1. The molecule has 3 heterocycles. The molecule has 0 radical (unpaired) electrons. The quantitative estimate of drug-likeness (QED) is 0.443. The second-order valence-corrected chi connectivity index (χ2v) is 9.86. The molecule has 0 saturated heterocycles. The molecule has 0 spiro atoms. The maximum atomic E-state index is 13.7. The average molecular weight is 494 g/mol. The van der Waals surface area contributed by atoms with Gasteiger partial charge in [-0.1, -0.05) is 28.9 Å². The van der Waals surface area contributed by atoms with Gasteiger partial charge in [0, 0.05) is 29.9 Å². The number of hydrogen-bond acceptors (Lipinski definition) is 6. The number of fused-ring (bicyclic) bond motifs is 3. The monoisotopic (exact) mass is 493 g/mol. The Labute approximate surface area is 207 Å². The highest BCUT2D eigenvalue weighted by molar-refractivity contribution is 6.37. The second-order valence-electron chi connectivity index (χ2n) is 9.45. The molecule has 1 saturated carbocycles. The highest BCUT2D eigenvalue weighted by Gasteiger charge is 2.31. The van der Waals surface area contributed by atoms with Crippen LogP contribution in [0.25, 0.3) is 21.8 Å². The first-order chi connectivity index (χ1) is 16.9. The van der Waals surface area contributed by atoms with Gasteiger partial charge < -0.3 is 14.4 Å². The van der Waals surface area contributed by atoms with Crippen molar-refractivity contribution in [3.05, 3.63) is 69.4 Å². The summed E-state index contributed by atoms with van der Waals surface area (Å²) in [5, 5.41) is 9.08. The van der Waals surface area contributed by atoms with Crippen molar-refractivity contribution in [2.45, 2.75) is 50.7 Å². The fourth-order valence-electron chi connectivity index (χ4n) is 5.37. The van der Waals surface area contributed by atoms with E-state index in [1.807, 2.05) is 47.8 Å². The Bertz CT molecular complexity index is 1450. The number of aromatic nitrogens is 3. The van der Waals surface area contributed by atoms with Crippen molar-refractivity contribution >= 4 is 39.3 Å². The van der Waals surface area contributed by atoms with Crippen molar-refractivity contribution in [3.63, 3.8) is 0 Å². The Morgan fingerprint density at radius 3 is 2.80 bits per heavy atom. The lowest BCUT2D eigenvalue weighted by atomic mass is 9.89. The largest absolute Gasteiger partial charge is 0.360 e. The second kappa shape index (κ2) is 9.43. The van der Waals surface area contributed by atoms with Crippen LogP contribution in [0.15, 0.2) is 52.0 Å². The maximum Gasteiger partial charge on any atom is 0.264 e. The van der Waals surface area contributed by atoms with Gasteiger partial charge in [0.15, 0.2) is 0 Å². The summed E-state index contributed by atoms with van der Waals surface area (Å²) in [4.78, 5) is 33.0. The molecule has 3 atom stereocenters. The maximum absolute atomic E-state index is 13.7. The summed E-state index contributed by atoms with van der Waals surface area (Å²) >= 11 is 6.56. The van der Waals surface area contributed by atoms with Crippen molar-refractivity contribution in [3.8, 4) is 0 Å². The molecule has 8 nitrogen and oxygen atoms in total. The lowest BCUT2D eigenvalue weighted by molar-refractivity contribution is -0.126. The number of likely N-dealkylation sites (N-methyl/N-ethyl adjacent to an activating group) is 1. The number of halogens is 1. The van der Waals surface area contributed by atoms with Gasteiger partial charge in [0.25, 0.3) is 5.56 Å². The van der Waals surface area contributed by atoms with E-state index in [9.17, 15) is 9.59 Å². The number of aryl methyl sites for hydroxylation is 1. The zero-order valence-corrected chi connectivity index (χ0v) is 20.7.